The fourth-order valence-electron chi connectivity index (χ4n) is 1.25. The second kappa shape index (κ2) is 4.53. The van der Waals surface area contributed by atoms with E-state index in [-0.39, 0.29) is 17.9 Å². The van der Waals surface area contributed by atoms with Gasteiger partial charge >= 0.3 is 6.18 Å². The van der Waals surface area contributed by atoms with Crippen LogP contribution < -0.4 is 4.74 Å². The van der Waals surface area contributed by atoms with Crippen LogP contribution in [0.5, 0.6) is 5.75 Å². The molecular formula is C10H11F3O2. The Hall–Kier alpha value is -1.23. The summed E-state index contributed by atoms with van der Waals surface area (Å²) in [6.07, 6.45) is -4.46. The van der Waals surface area contributed by atoms with Crippen LogP contribution in [0.4, 0.5) is 13.2 Å². The molecule has 15 heavy (non-hydrogen) atoms. The van der Waals surface area contributed by atoms with Crippen LogP contribution in [0.15, 0.2) is 18.2 Å². The highest BCUT2D eigenvalue weighted by Crippen LogP contribution is 2.38. The van der Waals surface area contributed by atoms with Crippen LogP contribution in [-0.4, -0.2) is 11.7 Å². The highest BCUT2D eigenvalue weighted by molar-refractivity contribution is 5.42. The van der Waals surface area contributed by atoms with E-state index in [0.717, 1.165) is 6.07 Å². The van der Waals surface area contributed by atoms with E-state index in [4.69, 9.17) is 9.84 Å². The van der Waals surface area contributed by atoms with Crippen LogP contribution in [-0.2, 0) is 12.8 Å². The lowest BCUT2D eigenvalue weighted by Gasteiger charge is -2.15. The van der Waals surface area contributed by atoms with E-state index in [1.54, 1.807) is 6.92 Å². The number of aliphatic hydroxyl groups excluding tert-OH is 1. The van der Waals surface area contributed by atoms with Crippen LogP contribution in [0.2, 0.25) is 0 Å². The summed E-state index contributed by atoms with van der Waals surface area (Å²) < 4.78 is 42.5. The smallest absolute Gasteiger partial charge is 0.419 e. The first-order chi connectivity index (χ1) is 7.00. The van der Waals surface area contributed by atoms with Gasteiger partial charge in [0.05, 0.1) is 18.8 Å². The van der Waals surface area contributed by atoms with Crippen molar-refractivity contribution in [3.63, 3.8) is 0 Å². The largest absolute Gasteiger partial charge is 0.493 e. The second-order valence-electron chi connectivity index (χ2n) is 2.88. The first-order valence-corrected chi connectivity index (χ1v) is 4.43. The first kappa shape index (κ1) is 11.8. The van der Waals surface area contributed by atoms with Gasteiger partial charge in [-0.25, -0.2) is 0 Å². The average molecular weight is 220 g/mol. The molecule has 2 nitrogen and oxygen atoms in total. The Kier molecular flexibility index (Phi) is 3.57. The normalized spacial score (nSPS) is 11.5. The van der Waals surface area contributed by atoms with Gasteiger partial charge in [0, 0.05) is 5.56 Å². The molecule has 0 amide bonds. The van der Waals surface area contributed by atoms with Gasteiger partial charge in [-0.1, -0.05) is 12.1 Å². The molecule has 0 aliphatic carbocycles. The summed E-state index contributed by atoms with van der Waals surface area (Å²) >= 11 is 0. The predicted molar refractivity (Wildman–Crippen MR) is 48.5 cm³/mol. The summed E-state index contributed by atoms with van der Waals surface area (Å²) in [5, 5.41) is 8.89. The molecule has 5 heteroatoms. The van der Waals surface area contributed by atoms with E-state index < -0.39 is 18.3 Å². The quantitative estimate of drug-likeness (QED) is 0.848. The van der Waals surface area contributed by atoms with Crippen LogP contribution in [0, 0.1) is 0 Å². The maximum atomic E-state index is 12.5. The monoisotopic (exact) mass is 220 g/mol. The number of para-hydroxylation sites is 1. The molecule has 0 aliphatic rings. The van der Waals surface area contributed by atoms with E-state index >= 15 is 0 Å². The summed E-state index contributed by atoms with van der Waals surface area (Å²) in [6.45, 7) is 1.24. The first-order valence-electron chi connectivity index (χ1n) is 4.43. The van der Waals surface area contributed by atoms with Gasteiger partial charge in [-0.2, -0.15) is 13.2 Å². The summed E-state index contributed by atoms with van der Waals surface area (Å²) in [5.74, 6) is -0.282. The highest BCUT2D eigenvalue weighted by Gasteiger charge is 2.35. The Balaban J connectivity index is 3.25. The lowest BCUT2D eigenvalue weighted by Crippen LogP contribution is -2.10. The Labute approximate surface area is 85.3 Å². The molecular weight excluding hydrogens is 209 g/mol. The van der Waals surface area contributed by atoms with Gasteiger partial charge in [0.1, 0.15) is 5.75 Å². The van der Waals surface area contributed by atoms with Gasteiger partial charge in [0.2, 0.25) is 0 Å². The zero-order chi connectivity index (χ0) is 11.5. The Morgan fingerprint density at radius 3 is 2.47 bits per heavy atom. The Morgan fingerprint density at radius 1 is 1.33 bits per heavy atom. The lowest BCUT2D eigenvalue weighted by molar-refractivity contribution is -0.139. The van der Waals surface area contributed by atoms with Crippen molar-refractivity contribution in [2.45, 2.75) is 19.7 Å². The van der Waals surface area contributed by atoms with Crippen molar-refractivity contribution >= 4 is 0 Å². The summed E-state index contributed by atoms with van der Waals surface area (Å²) in [4.78, 5) is 0. The van der Waals surface area contributed by atoms with Crippen molar-refractivity contribution in [1.29, 1.82) is 0 Å². The van der Waals surface area contributed by atoms with Crippen molar-refractivity contribution in [3.8, 4) is 5.75 Å². The van der Waals surface area contributed by atoms with E-state index in [1.807, 2.05) is 0 Å². The zero-order valence-corrected chi connectivity index (χ0v) is 8.14. The van der Waals surface area contributed by atoms with Gasteiger partial charge in [-0.3, -0.25) is 0 Å². The molecule has 1 aromatic carbocycles. The molecule has 0 heterocycles. The van der Waals surface area contributed by atoms with E-state index in [1.165, 1.54) is 12.1 Å². The van der Waals surface area contributed by atoms with E-state index in [2.05, 4.69) is 0 Å². The minimum Gasteiger partial charge on any atom is -0.493 e. The van der Waals surface area contributed by atoms with Crippen molar-refractivity contribution in [1.82, 2.24) is 0 Å². The molecule has 1 rings (SSSR count). The van der Waals surface area contributed by atoms with Crippen molar-refractivity contribution in [3.05, 3.63) is 29.3 Å². The van der Waals surface area contributed by atoms with Crippen molar-refractivity contribution < 1.29 is 23.0 Å². The molecule has 0 atom stereocenters. The number of ether oxygens (including phenoxy) is 1. The molecule has 0 saturated heterocycles. The van der Waals surface area contributed by atoms with Gasteiger partial charge in [0.15, 0.2) is 0 Å². The van der Waals surface area contributed by atoms with E-state index in [0.29, 0.717) is 0 Å². The fourth-order valence-corrected chi connectivity index (χ4v) is 1.25. The molecule has 1 aromatic rings. The third-order valence-corrected chi connectivity index (χ3v) is 1.86. The number of hydrogen-bond acceptors (Lipinski definition) is 2. The molecule has 0 aromatic heterocycles. The maximum absolute atomic E-state index is 12.5. The molecule has 0 radical (unpaired) electrons. The van der Waals surface area contributed by atoms with Gasteiger partial charge in [-0.05, 0) is 13.0 Å². The Bertz CT molecular complexity index is 334. The van der Waals surface area contributed by atoms with Crippen LogP contribution in [0.1, 0.15) is 18.1 Å². The Morgan fingerprint density at radius 2 is 2.00 bits per heavy atom. The molecule has 0 fully saturated rings. The number of alkyl halides is 3. The third kappa shape index (κ3) is 2.62. The number of rotatable bonds is 3. The second-order valence-corrected chi connectivity index (χ2v) is 2.88. The predicted octanol–water partition coefficient (Wildman–Crippen LogP) is 2.60. The number of benzene rings is 1. The molecule has 0 spiro atoms. The molecule has 1 N–H and O–H groups in total. The minimum absolute atomic E-state index is 0.125. The van der Waals surface area contributed by atoms with Gasteiger partial charge < -0.3 is 9.84 Å². The lowest BCUT2D eigenvalue weighted by atomic mass is 10.1. The minimum atomic E-state index is -4.46. The molecule has 84 valence electrons. The molecule has 0 saturated carbocycles. The molecule has 0 unspecified atom stereocenters. The maximum Gasteiger partial charge on any atom is 0.419 e. The number of aliphatic hydroxyl groups is 1. The summed E-state index contributed by atoms with van der Waals surface area (Å²) in [7, 11) is 0. The molecule has 0 bridgehead atoms. The number of hydrogen-bond donors (Lipinski definition) is 1. The average Bonchev–Trinajstić information content (AvgIpc) is 2.17. The zero-order valence-electron chi connectivity index (χ0n) is 8.14. The van der Waals surface area contributed by atoms with Gasteiger partial charge in [-0.15, -0.1) is 0 Å². The highest BCUT2D eigenvalue weighted by atomic mass is 19.4. The standard InChI is InChI=1S/C10H11F3O2/c1-2-15-9-7(6-14)4-3-5-8(9)10(11,12)13/h3-5,14H,2,6H2,1H3. The number of halogens is 3. The summed E-state index contributed by atoms with van der Waals surface area (Å²) in [5.41, 5.74) is -0.706. The summed E-state index contributed by atoms with van der Waals surface area (Å²) in [6, 6.07) is 3.58. The SMILES string of the molecule is CCOc1c(CO)cccc1C(F)(F)F. The van der Waals surface area contributed by atoms with E-state index in [9.17, 15) is 13.2 Å². The van der Waals surface area contributed by atoms with Crippen LogP contribution >= 0.6 is 0 Å². The van der Waals surface area contributed by atoms with Crippen molar-refractivity contribution in [2.24, 2.45) is 0 Å². The van der Waals surface area contributed by atoms with Crippen LogP contribution in [0.3, 0.4) is 0 Å². The van der Waals surface area contributed by atoms with Crippen LogP contribution in [0.25, 0.3) is 0 Å². The molecule has 0 aliphatic heterocycles. The third-order valence-electron chi connectivity index (χ3n) is 1.86. The fraction of sp³-hybridized carbons (Fsp3) is 0.400. The van der Waals surface area contributed by atoms with Crippen molar-refractivity contribution in [2.75, 3.05) is 6.61 Å². The topological polar surface area (TPSA) is 29.5 Å². The van der Waals surface area contributed by atoms with Gasteiger partial charge in [0.25, 0.3) is 0 Å².